The van der Waals surface area contributed by atoms with Gasteiger partial charge in [0.15, 0.2) is 5.78 Å². The first-order valence-electron chi connectivity index (χ1n) is 16.9. The summed E-state index contributed by atoms with van der Waals surface area (Å²) in [5.74, 6) is -2.77. The first-order chi connectivity index (χ1) is 23.1. The Kier molecular flexibility index (Phi) is 10.8. The van der Waals surface area contributed by atoms with Crippen LogP contribution in [0.25, 0.3) is 11.0 Å². The molecule has 0 radical (unpaired) electrons. The Hall–Kier alpha value is -3.91. The third-order valence-electron chi connectivity index (χ3n) is 9.38. The first kappa shape index (κ1) is 36.4. The first-order valence-corrected chi connectivity index (χ1v) is 18.4. The zero-order valence-corrected chi connectivity index (χ0v) is 29.7. The number of ketones is 1. The lowest BCUT2D eigenvalue weighted by atomic mass is 9.90. The number of carbonyl (C=O) groups excluding carboxylic acids is 4. The van der Waals surface area contributed by atoms with Gasteiger partial charge in [0.25, 0.3) is 0 Å². The molecule has 1 N–H and O–H groups in total. The summed E-state index contributed by atoms with van der Waals surface area (Å²) in [7, 11) is -1.47. The molecular formula is C35H47N5O8S. The van der Waals surface area contributed by atoms with Gasteiger partial charge in [0.05, 0.1) is 41.7 Å². The number of aromatic nitrogens is 2. The van der Waals surface area contributed by atoms with Crippen molar-refractivity contribution in [2.75, 3.05) is 20.6 Å². The molecule has 2 fully saturated rings. The third kappa shape index (κ3) is 8.82. The number of nitrogens with zero attached hydrogens (tertiary/aromatic N) is 4. The van der Waals surface area contributed by atoms with Crippen LogP contribution in [-0.4, -0.2) is 89.5 Å². The molecule has 13 nitrogen and oxygen atoms in total. The van der Waals surface area contributed by atoms with E-state index in [0.29, 0.717) is 30.3 Å². The largest absolute Gasteiger partial charge is 0.471 e. The number of Topliss-reactive ketones (excluding diaryl/α,β-unsaturated/α-hetero) is 1. The van der Waals surface area contributed by atoms with Gasteiger partial charge in [-0.1, -0.05) is 37.1 Å². The van der Waals surface area contributed by atoms with Crippen LogP contribution in [-0.2, 0) is 34.1 Å². The van der Waals surface area contributed by atoms with E-state index in [1.54, 1.807) is 20.8 Å². The van der Waals surface area contributed by atoms with E-state index < -0.39 is 51.2 Å². The van der Waals surface area contributed by atoms with Crippen LogP contribution in [0.1, 0.15) is 78.6 Å². The number of carbonyl (C=O) groups is 4. The van der Waals surface area contributed by atoms with Gasteiger partial charge in [0, 0.05) is 32.9 Å². The van der Waals surface area contributed by atoms with Crippen LogP contribution in [0.4, 0.5) is 0 Å². The lowest BCUT2D eigenvalue weighted by Gasteiger charge is -2.29. The van der Waals surface area contributed by atoms with Crippen LogP contribution >= 0.6 is 0 Å². The molecule has 5 rings (SSSR count). The molecule has 5 atom stereocenters. The second-order valence-electron chi connectivity index (χ2n) is 14.6. The SMILES string of the molecule is CN(C)S(=O)(=O)NC(=O)[C@]12CC(=O)[C@@H]3C[C@@H](Oc4cnc5ccccc5n4)CN3C(=O)[C@@H](CC(=O)OC(C)(C)C)CCCCC/C=C\[C@@H]1C2. The number of benzene rings is 1. The number of hydrogen-bond acceptors (Lipinski definition) is 10. The average molecular weight is 698 g/mol. The van der Waals surface area contributed by atoms with Crippen molar-refractivity contribution in [3.63, 3.8) is 0 Å². The molecule has 3 heterocycles. The summed E-state index contributed by atoms with van der Waals surface area (Å²) in [6, 6.07) is 6.37. The second kappa shape index (κ2) is 14.5. The Labute approximate surface area is 288 Å². The molecule has 1 aromatic heterocycles. The zero-order valence-electron chi connectivity index (χ0n) is 28.9. The molecule has 1 aromatic carbocycles. The molecule has 0 bridgehead atoms. The van der Waals surface area contributed by atoms with Crippen molar-refractivity contribution in [1.29, 1.82) is 0 Å². The van der Waals surface area contributed by atoms with E-state index in [9.17, 15) is 27.6 Å². The van der Waals surface area contributed by atoms with E-state index in [1.165, 1.54) is 25.2 Å². The molecule has 1 saturated carbocycles. The van der Waals surface area contributed by atoms with Gasteiger partial charge in [-0.2, -0.15) is 12.7 Å². The molecule has 266 valence electrons. The van der Waals surface area contributed by atoms with Crippen LogP contribution in [0.15, 0.2) is 42.6 Å². The van der Waals surface area contributed by atoms with Gasteiger partial charge in [-0.05, 0) is 64.5 Å². The summed E-state index contributed by atoms with van der Waals surface area (Å²) in [5.41, 5.74) is -0.679. The highest BCUT2D eigenvalue weighted by atomic mass is 32.2. The summed E-state index contributed by atoms with van der Waals surface area (Å²) < 4.78 is 40.1. The van der Waals surface area contributed by atoms with E-state index in [0.717, 1.165) is 23.6 Å². The van der Waals surface area contributed by atoms with Gasteiger partial charge in [-0.3, -0.25) is 19.2 Å². The van der Waals surface area contributed by atoms with Crippen LogP contribution in [0, 0.1) is 17.3 Å². The van der Waals surface area contributed by atoms with Crippen molar-refractivity contribution in [3.05, 3.63) is 42.6 Å². The van der Waals surface area contributed by atoms with E-state index in [2.05, 4.69) is 14.7 Å². The maximum Gasteiger partial charge on any atom is 0.307 e. The van der Waals surface area contributed by atoms with Gasteiger partial charge in [-0.15, -0.1) is 0 Å². The Morgan fingerprint density at radius 3 is 2.55 bits per heavy atom. The molecule has 0 spiro atoms. The minimum atomic E-state index is -4.10. The fraction of sp³-hybridized carbons (Fsp3) is 0.600. The number of rotatable bonds is 7. The summed E-state index contributed by atoms with van der Waals surface area (Å²) >= 11 is 0. The van der Waals surface area contributed by atoms with E-state index >= 15 is 0 Å². The molecule has 14 heteroatoms. The number of nitrogens with one attached hydrogen (secondary N) is 1. The van der Waals surface area contributed by atoms with Crippen LogP contribution in [0.2, 0.25) is 0 Å². The zero-order chi connectivity index (χ0) is 35.6. The highest BCUT2D eigenvalue weighted by Crippen LogP contribution is 2.57. The molecule has 1 aliphatic carbocycles. The topological polar surface area (TPSA) is 165 Å². The van der Waals surface area contributed by atoms with Crippen molar-refractivity contribution in [1.82, 2.24) is 23.9 Å². The number of para-hydroxylation sites is 2. The number of hydrogen-bond donors (Lipinski definition) is 1. The number of ether oxygens (including phenoxy) is 2. The number of fused-ring (bicyclic) bond motifs is 3. The summed E-state index contributed by atoms with van der Waals surface area (Å²) in [6.07, 6.45) is 8.32. The van der Waals surface area contributed by atoms with Crippen molar-refractivity contribution >= 4 is 44.8 Å². The highest BCUT2D eigenvalue weighted by molar-refractivity contribution is 7.87. The smallest absolute Gasteiger partial charge is 0.307 e. The predicted molar refractivity (Wildman–Crippen MR) is 181 cm³/mol. The normalized spacial score (nSPS) is 27.4. The minimum Gasteiger partial charge on any atom is -0.471 e. The van der Waals surface area contributed by atoms with Crippen molar-refractivity contribution < 1.29 is 37.1 Å². The maximum atomic E-state index is 14.4. The maximum absolute atomic E-state index is 14.4. The molecule has 3 aliphatic rings. The number of amides is 2. The van der Waals surface area contributed by atoms with Crippen molar-refractivity contribution in [2.45, 2.75) is 96.3 Å². The van der Waals surface area contributed by atoms with Gasteiger partial charge in [0.2, 0.25) is 17.7 Å². The standard InChI is InChI=1S/C35H47N5O8S/c1-34(2,3)48-31(42)17-23-13-9-7-6-8-10-14-24-19-35(24,33(44)38-49(45,46)39(4)5)20-29(41)28-18-25(22-40(28)32(23)43)47-30-21-36-26-15-11-12-16-27(26)37-30/h10-12,14-16,21,23-25,28H,6-9,13,17-20,22H2,1-5H3,(H,38,44)/b14-10-/t23-,24-,25-,28+,35-/m1/s1. The van der Waals surface area contributed by atoms with E-state index in [-0.39, 0.29) is 49.3 Å². The monoisotopic (exact) mass is 697 g/mol. The molecular weight excluding hydrogens is 650 g/mol. The highest BCUT2D eigenvalue weighted by Gasteiger charge is 2.61. The molecule has 2 aliphatic heterocycles. The summed E-state index contributed by atoms with van der Waals surface area (Å²) in [4.78, 5) is 65.7. The second-order valence-corrected chi connectivity index (χ2v) is 16.4. The van der Waals surface area contributed by atoms with Crippen LogP contribution in [0.3, 0.4) is 0 Å². The van der Waals surface area contributed by atoms with Crippen LogP contribution < -0.4 is 9.46 Å². The Balaban J connectivity index is 1.45. The molecule has 2 amide bonds. The van der Waals surface area contributed by atoms with E-state index in [4.69, 9.17) is 9.47 Å². The Bertz CT molecular complexity index is 1720. The lowest BCUT2D eigenvalue weighted by molar-refractivity contribution is -0.159. The van der Waals surface area contributed by atoms with E-state index in [1.807, 2.05) is 36.4 Å². The fourth-order valence-electron chi connectivity index (χ4n) is 6.69. The number of esters is 1. The average Bonchev–Trinajstić information content (AvgIpc) is 3.55. The van der Waals surface area contributed by atoms with Crippen molar-refractivity contribution in [2.24, 2.45) is 17.3 Å². The Morgan fingerprint density at radius 2 is 1.84 bits per heavy atom. The molecule has 2 aromatic rings. The van der Waals surface area contributed by atoms with Crippen LogP contribution in [0.5, 0.6) is 5.88 Å². The quantitative estimate of drug-likeness (QED) is 0.333. The van der Waals surface area contributed by atoms with Gasteiger partial charge in [-0.25, -0.2) is 14.7 Å². The fourth-order valence-corrected chi connectivity index (χ4v) is 7.31. The molecule has 1 saturated heterocycles. The number of allylic oxidation sites excluding steroid dienone is 2. The third-order valence-corrected chi connectivity index (χ3v) is 10.8. The van der Waals surface area contributed by atoms with Gasteiger partial charge >= 0.3 is 16.2 Å². The summed E-state index contributed by atoms with van der Waals surface area (Å²) in [5, 5.41) is 0. The lowest BCUT2D eigenvalue weighted by Crippen LogP contribution is -2.47. The summed E-state index contributed by atoms with van der Waals surface area (Å²) in [6.45, 7) is 5.37. The predicted octanol–water partition coefficient (Wildman–Crippen LogP) is 3.73. The van der Waals surface area contributed by atoms with Gasteiger partial charge < -0.3 is 14.4 Å². The van der Waals surface area contributed by atoms with Crippen molar-refractivity contribution in [3.8, 4) is 5.88 Å². The Morgan fingerprint density at radius 1 is 1.10 bits per heavy atom. The van der Waals surface area contributed by atoms with Gasteiger partial charge in [0.1, 0.15) is 11.7 Å². The minimum absolute atomic E-state index is 0.0616. The molecule has 49 heavy (non-hydrogen) atoms. The molecule has 0 unspecified atom stereocenters.